The molecule has 1 atom stereocenters. The topological polar surface area (TPSA) is 36.7 Å². The number of hydrogen-bond donors (Lipinski definition) is 0. The van der Waals surface area contributed by atoms with Crippen molar-refractivity contribution in [1.82, 2.24) is 4.98 Å². The van der Waals surface area contributed by atoms with Crippen LogP contribution in [0.15, 0.2) is 73.1 Å². The van der Waals surface area contributed by atoms with Crippen molar-refractivity contribution in [3.8, 4) is 6.07 Å². The van der Waals surface area contributed by atoms with Crippen LogP contribution in [0.5, 0.6) is 0 Å². The van der Waals surface area contributed by atoms with Gasteiger partial charge in [0.1, 0.15) is 0 Å². The van der Waals surface area contributed by atoms with E-state index in [9.17, 15) is 5.26 Å². The fourth-order valence-electron chi connectivity index (χ4n) is 3.07. The molecule has 0 fully saturated rings. The van der Waals surface area contributed by atoms with E-state index in [-0.39, 0.29) is 0 Å². The van der Waals surface area contributed by atoms with Crippen molar-refractivity contribution in [2.75, 3.05) is 0 Å². The molecule has 1 unspecified atom stereocenters. The Bertz CT molecular complexity index is 845. The Balaban J connectivity index is 2.10. The summed E-state index contributed by atoms with van der Waals surface area (Å²) in [6.45, 7) is 0. The predicted molar refractivity (Wildman–Crippen MR) is 102 cm³/mol. The van der Waals surface area contributed by atoms with Crippen molar-refractivity contribution in [2.24, 2.45) is 0 Å². The Labute approximate surface area is 157 Å². The van der Waals surface area contributed by atoms with Crippen molar-refractivity contribution >= 4 is 23.2 Å². The second-order valence-electron chi connectivity index (χ2n) is 6.02. The maximum absolute atomic E-state index is 10.2. The lowest BCUT2D eigenvalue weighted by Gasteiger charge is -2.28. The summed E-state index contributed by atoms with van der Waals surface area (Å²) in [4.78, 5) is 4.18. The molecule has 0 spiro atoms. The number of nitriles is 1. The minimum absolute atomic E-state index is 0.508. The Hall–Kier alpha value is -2.34. The Morgan fingerprint density at radius 1 is 0.920 bits per heavy atom. The third-order valence-corrected chi connectivity index (χ3v) is 4.79. The van der Waals surface area contributed by atoms with Gasteiger partial charge in [0.25, 0.3) is 0 Å². The molecule has 0 aliphatic rings. The van der Waals surface area contributed by atoms with Crippen LogP contribution in [0.3, 0.4) is 0 Å². The minimum Gasteiger partial charge on any atom is -0.264 e. The molecule has 0 aliphatic heterocycles. The molecule has 25 heavy (non-hydrogen) atoms. The summed E-state index contributed by atoms with van der Waals surface area (Å²) in [6.07, 6.45) is 4.60. The normalized spacial score (nSPS) is 13.0. The summed E-state index contributed by atoms with van der Waals surface area (Å²) in [5, 5.41) is 11.2. The first-order chi connectivity index (χ1) is 12.1. The van der Waals surface area contributed by atoms with E-state index < -0.39 is 5.41 Å². The lowest BCUT2D eigenvalue weighted by molar-refractivity contribution is 0.541. The highest BCUT2D eigenvalue weighted by Gasteiger charge is 2.35. The Morgan fingerprint density at radius 3 is 2.28 bits per heavy atom. The van der Waals surface area contributed by atoms with Gasteiger partial charge in [-0.3, -0.25) is 4.98 Å². The van der Waals surface area contributed by atoms with Gasteiger partial charge in [-0.05, 0) is 47.7 Å². The molecule has 0 amide bonds. The van der Waals surface area contributed by atoms with Gasteiger partial charge >= 0.3 is 0 Å². The maximum atomic E-state index is 10.2. The number of benzene rings is 2. The molecule has 2 aromatic carbocycles. The van der Waals surface area contributed by atoms with Crippen molar-refractivity contribution < 1.29 is 0 Å². The van der Waals surface area contributed by atoms with Gasteiger partial charge in [-0.2, -0.15) is 5.26 Å². The monoisotopic (exact) mass is 366 g/mol. The van der Waals surface area contributed by atoms with Gasteiger partial charge in [-0.1, -0.05) is 65.7 Å². The highest BCUT2D eigenvalue weighted by Crippen LogP contribution is 2.37. The molecule has 0 saturated carbocycles. The third-order valence-electron chi connectivity index (χ3n) is 4.24. The van der Waals surface area contributed by atoms with Crippen LogP contribution in [-0.2, 0) is 18.3 Å². The smallest absolute Gasteiger partial charge is 0.0917 e. The predicted octanol–water partition coefficient (Wildman–Crippen LogP) is 5.64. The quantitative estimate of drug-likeness (QED) is 0.586. The standard InChI is InChI=1S/C21H16Cl2N2/c22-18-8-9-19(20(23)11-18)21(15-24,12-16-5-2-1-3-6-16)13-17-7-4-10-25-14-17/h1-11,14H,12-13H2. The SMILES string of the molecule is N#CC(Cc1ccccc1)(Cc1cccnc1)c1ccc(Cl)cc1Cl. The number of hydrogen-bond acceptors (Lipinski definition) is 2. The van der Waals surface area contributed by atoms with Gasteiger partial charge in [-0.25, -0.2) is 0 Å². The van der Waals surface area contributed by atoms with Crippen LogP contribution in [-0.4, -0.2) is 4.98 Å². The van der Waals surface area contributed by atoms with E-state index in [2.05, 4.69) is 11.1 Å². The largest absolute Gasteiger partial charge is 0.264 e. The zero-order valence-electron chi connectivity index (χ0n) is 13.5. The lowest BCUT2D eigenvalue weighted by Crippen LogP contribution is -2.30. The molecule has 3 rings (SSSR count). The molecular formula is C21H16Cl2N2. The molecule has 124 valence electrons. The van der Waals surface area contributed by atoms with Crippen LogP contribution >= 0.6 is 23.2 Å². The fourth-order valence-corrected chi connectivity index (χ4v) is 3.65. The van der Waals surface area contributed by atoms with E-state index in [4.69, 9.17) is 23.2 Å². The number of nitrogens with zero attached hydrogens (tertiary/aromatic N) is 2. The molecule has 2 nitrogen and oxygen atoms in total. The molecule has 0 bridgehead atoms. The van der Waals surface area contributed by atoms with Crippen LogP contribution < -0.4 is 0 Å². The number of pyridine rings is 1. The molecule has 0 N–H and O–H groups in total. The Morgan fingerprint density at radius 2 is 1.64 bits per heavy atom. The zero-order chi connectivity index (χ0) is 17.7. The summed E-state index contributed by atoms with van der Waals surface area (Å²) < 4.78 is 0. The first-order valence-corrected chi connectivity index (χ1v) is 8.68. The van der Waals surface area contributed by atoms with E-state index in [0.29, 0.717) is 22.9 Å². The van der Waals surface area contributed by atoms with Gasteiger partial charge in [0.2, 0.25) is 0 Å². The first-order valence-electron chi connectivity index (χ1n) is 7.92. The van der Waals surface area contributed by atoms with Crippen LogP contribution in [0.25, 0.3) is 0 Å². The van der Waals surface area contributed by atoms with Gasteiger partial charge in [0, 0.05) is 22.4 Å². The van der Waals surface area contributed by atoms with E-state index in [1.807, 2.05) is 48.5 Å². The average molecular weight is 367 g/mol. The van der Waals surface area contributed by atoms with Crippen LogP contribution in [0, 0.1) is 11.3 Å². The highest BCUT2D eigenvalue weighted by atomic mass is 35.5. The average Bonchev–Trinajstić information content (AvgIpc) is 2.63. The summed E-state index contributed by atoms with van der Waals surface area (Å²) in [6, 6.07) is 21.7. The van der Waals surface area contributed by atoms with Gasteiger partial charge in [0.05, 0.1) is 11.5 Å². The Kier molecular flexibility index (Phi) is 5.38. The van der Waals surface area contributed by atoms with E-state index in [0.717, 1.165) is 16.7 Å². The second-order valence-corrected chi connectivity index (χ2v) is 6.86. The molecule has 1 heterocycles. The van der Waals surface area contributed by atoms with E-state index in [1.165, 1.54) is 0 Å². The van der Waals surface area contributed by atoms with Crippen molar-refractivity contribution in [3.05, 3.63) is 99.8 Å². The third kappa shape index (κ3) is 4.02. The number of aromatic nitrogens is 1. The molecule has 0 radical (unpaired) electrons. The van der Waals surface area contributed by atoms with Gasteiger partial charge < -0.3 is 0 Å². The van der Waals surface area contributed by atoms with Crippen molar-refractivity contribution in [1.29, 1.82) is 5.26 Å². The van der Waals surface area contributed by atoms with Crippen molar-refractivity contribution in [3.63, 3.8) is 0 Å². The number of halogens is 2. The summed E-state index contributed by atoms with van der Waals surface area (Å²) in [7, 11) is 0. The van der Waals surface area contributed by atoms with E-state index in [1.54, 1.807) is 24.5 Å². The van der Waals surface area contributed by atoms with Crippen LogP contribution in [0.1, 0.15) is 16.7 Å². The summed E-state index contributed by atoms with van der Waals surface area (Å²) in [5.74, 6) is 0. The minimum atomic E-state index is -0.800. The van der Waals surface area contributed by atoms with Crippen molar-refractivity contribution in [2.45, 2.75) is 18.3 Å². The molecule has 0 aliphatic carbocycles. The fraction of sp³-hybridized carbons (Fsp3) is 0.143. The summed E-state index contributed by atoms with van der Waals surface area (Å²) >= 11 is 12.5. The molecular weight excluding hydrogens is 351 g/mol. The first kappa shape index (κ1) is 17.5. The highest BCUT2D eigenvalue weighted by molar-refractivity contribution is 6.35. The molecule has 1 aromatic heterocycles. The van der Waals surface area contributed by atoms with E-state index >= 15 is 0 Å². The van der Waals surface area contributed by atoms with Crippen LogP contribution in [0.2, 0.25) is 10.0 Å². The molecule has 0 saturated heterocycles. The maximum Gasteiger partial charge on any atom is 0.0917 e. The summed E-state index contributed by atoms with van der Waals surface area (Å²) in [5.41, 5.74) is 2.06. The van der Waals surface area contributed by atoms with Crippen LogP contribution in [0.4, 0.5) is 0 Å². The second kappa shape index (κ2) is 7.70. The molecule has 4 heteroatoms. The van der Waals surface area contributed by atoms with Gasteiger partial charge in [0.15, 0.2) is 0 Å². The molecule has 3 aromatic rings. The number of rotatable bonds is 5. The van der Waals surface area contributed by atoms with Gasteiger partial charge in [-0.15, -0.1) is 0 Å². The zero-order valence-corrected chi connectivity index (χ0v) is 15.0. The lowest BCUT2D eigenvalue weighted by atomic mass is 9.72.